The third kappa shape index (κ3) is 2.39. The Hall–Kier alpha value is -1.63. The van der Waals surface area contributed by atoms with Gasteiger partial charge in [0.05, 0.1) is 12.0 Å². The Kier molecular flexibility index (Phi) is 4.06. The fourth-order valence-electron chi connectivity index (χ4n) is 7.13. The Balaban J connectivity index is 1.71. The molecule has 0 spiro atoms. The summed E-state index contributed by atoms with van der Waals surface area (Å²) in [6.45, 7) is 6.08. The van der Waals surface area contributed by atoms with Gasteiger partial charge in [-0.1, -0.05) is 19.4 Å². The van der Waals surface area contributed by atoms with Crippen LogP contribution < -0.4 is 0 Å². The zero-order valence-corrected chi connectivity index (χ0v) is 16.1. The zero-order chi connectivity index (χ0) is 18.7. The number of rotatable bonds is 1. The van der Waals surface area contributed by atoms with Gasteiger partial charge in [0.2, 0.25) is 0 Å². The molecule has 0 aliphatic heterocycles. The molecular weight excluding hydrogens is 326 g/mol. The molecular formula is C22H29NO3. The van der Waals surface area contributed by atoms with Crippen LogP contribution in [-0.2, 0) is 14.3 Å². The molecule has 0 amide bonds. The summed E-state index contributed by atoms with van der Waals surface area (Å²) < 4.78 is 5.75. The molecule has 0 heterocycles. The highest BCUT2D eigenvalue weighted by molar-refractivity contribution is 5.91. The van der Waals surface area contributed by atoms with E-state index in [1.54, 1.807) is 0 Å². The first-order valence-corrected chi connectivity index (χ1v) is 10.1. The first-order chi connectivity index (χ1) is 12.3. The Morgan fingerprint density at radius 1 is 1.27 bits per heavy atom. The van der Waals surface area contributed by atoms with Crippen LogP contribution in [0.4, 0.5) is 0 Å². The standard InChI is InChI=1S/C22H29NO3/c1-13(24)26-19-11-15(12-23)22(3)9-7-18-17(20(19)22)5-4-14-10-16(25)6-8-21(14,18)2/h10,15,17-20H,4-9,11H2,1-3H3/t15?,17-,18+,19?,20-,21+,22-/m1/s1. The molecule has 4 aliphatic carbocycles. The van der Waals surface area contributed by atoms with Gasteiger partial charge in [0.1, 0.15) is 6.10 Å². The molecule has 0 radical (unpaired) electrons. The molecule has 4 rings (SSSR count). The Bertz CT molecular complexity index is 719. The maximum atomic E-state index is 11.9. The van der Waals surface area contributed by atoms with E-state index in [4.69, 9.17) is 4.74 Å². The van der Waals surface area contributed by atoms with Crippen molar-refractivity contribution < 1.29 is 14.3 Å². The highest BCUT2D eigenvalue weighted by Gasteiger charge is 2.63. The number of allylic oxidation sites excluding steroid dienone is 1. The first-order valence-electron chi connectivity index (χ1n) is 10.1. The number of hydrogen-bond acceptors (Lipinski definition) is 4. The van der Waals surface area contributed by atoms with E-state index in [0.717, 1.165) is 32.1 Å². The summed E-state index contributed by atoms with van der Waals surface area (Å²) in [5, 5.41) is 9.75. The van der Waals surface area contributed by atoms with Crippen molar-refractivity contribution >= 4 is 11.8 Å². The van der Waals surface area contributed by atoms with E-state index in [9.17, 15) is 14.9 Å². The third-order valence-corrected chi connectivity index (χ3v) is 8.40. The van der Waals surface area contributed by atoms with Gasteiger partial charge in [-0.2, -0.15) is 5.26 Å². The molecule has 4 nitrogen and oxygen atoms in total. The fraction of sp³-hybridized carbons (Fsp3) is 0.773. The van der Waals surface area contributed by atoms with Crippen molar-refractivity contribution in [1.29, 1.82) is 5.26 Å². The minimum Gasteiger partial charge on any atom is -0.462 e. The average molecular weight is 355 g/mol. The van der Waals surface area contributed by atoms with Crippen molar-refractivity contribution in [2.75, 3.05) is 0 Å². The van der Waals surface area contributed by atoms with Crippen LogP contribution in [0.15, 0.2) is 11.6 Å². The lowest BCUT2D eigenvalue weighted by Gasteiger charge is -2.58. The third-order valence-electron chi connectivity index (χ3n) is 8.40. The number of nitriles is 1. The van der Waals surface area contributed by atoms with E-state index < -0.39 is 0 Å². The number of ketones is 1. The molecule has 0 bridgehead atoms. The van der Waals surface area contributed by atoms with Gasteiger partial charge in [0.15, 0.2) is 5.78 Å². The summed E-state index contributed by atoms with van der Waals surface area (Å²) in [7, 11) is 0. The van der Waals surface area contributed by atoms with Crippen LogP contribution in [0.2, 0.25) is 0 Å². The predicted molar refractivity (Wildman–Crippen MR) is 96.8 cm³/mol. The van der Waals surface area contributed by atoms with E-state index in [1.165, 1.54) is 12.5 Å². The molecule has 4 aliphatic rings. The minimum absolute atomic E-state index is 0.0320. The molecule has 3 fully saturated rings. The van der Waals surface area contributed by atoms with Crippen molar-refractivity contribution in [3.63, 3.8) is 0 Å². The summed E-state index contributed by atoms with van der Waals surface area (Å²) in [5.74, 6) is 1.29. The van der Waals surface area contributed by atoms with Gasteiger partial charge in [0.25, 0.3) is 0 Å². The fourth-order valence-corrected chi connectivity index (χ4v) is 7.13. The van der Waals surface area contributed by atoms with Crippen molar-refractivity contribution in [3.8, 4) is 6.07 Å². The number of ether oxygens (including phenoxy) is 1. The summed E-state index contributed by atoms with van der Waals surface area (Å²) in [6.07, 6.45) is 8.23. The number of esters is 1. The van der Waals surface area contributed by atoms with Gasteiger partial charge in [-0.15, -0.1) is 0 Å². The van der Waals surface area contributed by atoms with Gasteiger partial charge in [-0.3, -0.25) is 9.59 Å². The van der Waals surface area contributed by atoms with Crippen LogP contribution >= 0.6 is 0 Å². The average Bonchev–Trinajstić information content (AvgIpc) is 2.86. The molecule has 0 saturated heterocycles. The topological polar surface area (TPSA) is 67.2 Å². The van der Waals surface area contributed by atoms with Crippen molar-refractivity contribution in [2.45, 2.75) is 71.8 Å². The first kappa shape index (κ1) is 17.8. The largest absolute Gasteiger partial charge is 0.462 e. The molecule has 7 atom stereocenters. The van der Waals surface area contributed by atoms with E-state index in [1.807, 2.05) is 6.08 Å². The Morgan fingerprint density at radius 3 is 2.73 bits per heavy atom. The highest BCUT2D eigenvalue weighted by Crippen LogP contribution is 2.66. The van der Waals surface area contributed by atoms with Crippen LogP contribution in [0.3, 0.4) is 0 Å². The van der Waals surface area contributed by atoms with Crippen LogP contribution in [0, 0.1) is 45.8 Å². The summed E-state index contributed by atoms with van der Waals surface area (Å²) >= 11 is 0. The monoisotopic (exact) mass is 355 g/mol. The molecule has 2 unspecified atom stereocenters. The molecule has 0 N–H and O–H groups in total. The lowest BCUT2D eigenvalue weighted by molar-refractivity contribution is -0.155. The highest BCUT2D eigenvalue weighted by atomic mass is 16.5. The normalized spacial score (nSPS) is 47.1. The second-order valence-electron chi connectivity index (χ2n) is 9.50. The Morgan fingerprint density at radius 2 is 2.04 bits per heavy atom. The summed E-state index contributed by atoms with van der Waals surface area (Å²) in [6, 6.07) is 2.53. The molecule has 3 saturated carbocycles. The zero-order valence-electron chi connectivity index (χ0n) is 16.1. The van der Waals surface area contributed by atoms with Crippen LogP contribution in [0.1, 0.15) is 65.7 Å². The number of hydrogen-bond donors (Lipinski definition) is 0. The van der Waals surface area contributed by atoms with Gasteiger partial charge in [0, 0.05) is 25.7 Å². The molecule has 4 heteroatoms. The lowest BCUT2D eigenvalue weighted by atomic mass is 9.46. The second kappa shape index (κ2) is 5.94. The van der Waals surface area contributed by atoms with Crippen molar-refractivity contribution in [1.82, 2.24) is 0 Å². The van der Waals surface area contributed by atoms with Crippen LogP contribution in [-0.4, -0.2) is 17.9 Å². The van der Waals surface area contributed by atoms with Gasteiger partial charge < -0.3 is 4.74 Å². The molecule has 0 aromatic rings. The maximum absolute atomic E-state index is 11.9. The van der Waals surface area contributed by atoms with E-state index in [0.29, 0.717) is 24.7 Å². The van der Waals surface area contributed by atoms with Gasteiger partial charge >= 0.3 is 5.97 Å². The number of nitrogens with zero attached hydrogens (tertiary/aromatic N) is 1. The maximum Gasteiger partial charge on any atom is 0.302 e. The smallest absolute Gasteiger partial charge is 0.302 e. The van der Waals surface area contributed by atoms with Crippen molar-refractivity contribution in [3.05, 3.63) is 11.6 Å². The van der Waals surface area contributed by atoms with Gasteiger partial charge in [-0.25, -0.2) is 0 Å². The minimum atomic E-state index is -0.232. The second-order valence-corrected chi connectivity index (χ2v) is 9.50. The SMILES string of the molecule is CC(=O)OC1CC(C#N)[C@@]2(C)CC[C@H]3[C@@H](CCC4=CC(=O)CC[C@@]43C)[C@H]12. The summed E-state index contributed by atoms with van der Waals surface area (Å²) in [5.41, 5.74) is 1.39. The number of fused-ring (bicyclic) bond motifs is 5. The quantitative estimate of drug-likeness (QED) is 0.661. The summed E-state index contributed by atoms with van der Waals surface area (Å²) in [4.78, 5) is 23.6. The molecule has 0 aromatic carbocycles. The molecule has 140 valence electrons. The predicted octanol–water partition coefficient (Wildman–Crippen LogP) is 4.20. The van der Waals surface area contributed by atoms with E-state index in [2.05, 4.69) is 19.9 Å². The van der Waals surface area contributed by atoms with Gasteiger partial charge in [-0.05, 0) is 60.8 Å². The van der Waals surface area contributed by atoms with Crippen molar-refractivity contribution in [2.24, 2.45) is 34.5 Å². The number of carbonyl (C=O) groups excluding carboxylic acids is 2. The lowest BCUT2D eigenvalue weighted by Crippen LogP contribution is -2.52. The Labute approximate surface area is 156 Å². The van der Waals surface area contributed by atoms with Crippen LogP contribution in [0.25, 0.3) is 0 Å². The van der Waals surface area contributed by atoms with E-state index in [-0.39, 0.29) is 40.5 Å². The van der Waals surface area contributed by atoms with Crippen LogP contribution in [0.5, 0.6) is 0 Å². The van der Waals surface area contributed by atoms with E-state index >= 15 is 0 Å². The number of carbonyl (C=O) groups is 2. The molecule has 26 heavy (non-hydrogen) atoms. The molecule has 0 aromatic heterocycles.